The number of hydrogen-bond acceptors (Lipinski definition) is 3. The van der Waals surface area contributed by atoms with Gasteiger partial charge in [0.2, 0.25) is 5.91 Å². The van der Waals surface area contributed by atoms with E-state index >= 15 is 0 Å². The Bertz CT molecular complexity index is 1010. The van der Waals surface area contributed by atoms with Crippen LogP contribution in [0.15, 0.2) is 72.8 Å². The summed E-state index contributed by atoms with van der Waals surface area (Å²) in [5, 5.41) is 4.86. The van der Waals surface area contributed by atoms with Gasteiger partial charge < -0.3 is 10.1 Å². The molecule has 0 unspecified atom stereocenters. The van der Waals surface area contributed by atoms with E-state index in [1.54, 1.807) is 12.1 Å². The van der Waals surface area contributed by atoms with Gasteiger partial charge >= 0.3 is 0 Å². The van der Waals surface area contributed by atoms with Crippen molar-refractivity contribution in [2.24, 2.45) is 0 Å². The van der Waals surface area contributed by atoms with Crippen LogP contribution in [0.4, 0.5) is 0 Å². The number of carbonyl (C=O) groups excluding carboxylic acids is 2. The van der Waals surface area contributed by atoms with Crippen LogP contribution >= 0.6 is 0 Å². The molecule has 0 aliphatic heterocycles. The van der Waals surface area contributed by atoms with Gasteiger partial charge in [-0.2, -0.15) is 0 Å². The number of ketones is 1. The zero-order valence-corrected chi connectivity index (χ0v) is 15.5. The lowest BCUT2D eigenvalue weighted by molar-refractivity contribution is -0.120. The molecule has 0 saturated heterocycles. The van der Waals surface area contributed by atoms with E-state index in [1.165, 1.54) is 0 Å². The standard InChI is InChI=1S/C24H21NO3/c26-22(20-10-2-1-3-11-20)15-16-24(27)25-17-6-7-18-28-23-14-8-12-19-9-4-5-13-21(19)23/h1-5,8-14H,15-18H2,(H,25,27). The molecule has 0 radical (unpaired) electrons. The highest BCUT2D eigenvalue weighted by molar-refractivity contribution is 5.97. The molecule has 4 heteroatoms. The molecule has 3 rings (SSSR count). The second kappa shape index (κ2) is 9.94. The normalized spacial score (nSPS) is 10.0. The highest BCUT2D eigenvalue weighted by atomic mass is 16.5. The van der Waals surface area contributed by atoms with Gasteiger partial charge in [0.05, 0.1) is 6.54 Å². The molecular weight excluding hydrogens is 350 g/mol. The largest absolute Gasteiger partial charge is 0.480 e. The van der Waals surface area contributed by atoms with Crippen LogP contribution in [0.2, 0.25) is 0 Å². The quantitative estimate of drug-likeness (QED) is 0.504. The van der Waals surface area contributed by atoms with Crippen LogP contribution in [0.5, 0.6) is 5.75 Å². The Morgan fingerprint density at radius 3 is 2.43 bits per heavy atom. The second-order valence-electron chi connectivity index (χ2n) is 6.19. The maximum Gasteiger partial charge on any atom is 0.221 e. The van der Waals surface area contributed by atoms with Gasteiger partial charge in [0.15, 0.2) is 5.78 Å². The van der Waals surface area contributed by atoms with Gasteiger partial charge in [-0.1, -0.05) is 78.6 Å². The molecule has 0 bridgehead atoms. The molecule has 0 fully saturated rings. The van der Waals surface area contributed by atoms with Gasteiger partial charge in [0, 0.05) is 23.8 Å². The highest BCUT2D eigenvalue weighted by Gasteiger charge is 2.08. The minimum atomic E-state index is -0.187. The lowest BCUT2D eigenvalue weighted by Crippen LogP contribution is -2.24. The molecule has 3 aromatic rings. The second-order valence-corrected chi connectivity index (χ2v) is 6.19. The number of rotatable bonds is 7. The Balaban J connectivity index is 1.38. The van der Waals surface area contributed by atoms with Crippen LogP contribution in [-0.4, -0.2) is 24.8 Å². The highest BCUT2D eigenvalue weighted by Crippen LogP contribution is 2.24. The number of benzene rings is 3. The molecule has 0 aliphatic carbocycles. The number of ether oxygens (including phenoxy) is 1. The van der Waals surface area contributed by atoms with Crippen molar-refractivity contribution in [3.05, 3.63) is 78.4 Å². The van der Waals surface area contributed by atoms with Gasteiger partial charge in [0.1, 0.15) is 12.4 Å². The zero-order chi connectivity index (χ0) is 19.6. The Hall–Kier alpha value is -3.58. The molecule has 0 heterocycles. The van der Waals surface area contributed by atoms with Crippen LogP contribution < -0.4 is 10.1 Å². The van der Waals surface area contributed by atoms with Crippen molar-refractivity contribution in [3.8, 4) is 17.6 Å². The fourth-order valence-corrected chi connectivity index (χ4v) is 2.78. The number of carbonyl (C=O) groups is 2. The first-order chi connectivity index (χ1) is 13.7. The van der Waals surface area contributed by atoms with E-state index in [0.29, 0.717) is 5.56 Å². The summed E-state index contributed by atoms with van der Waals surface area (Å²) >= 11 is 0. The number of fused-ring (bicyclic) bond motifs is 1. The predicted octanol–water partition coefficient (Wildman–Crippen LogP) is 4.00. The molecule has 3 aromatic carbocycles. The first-order valence-electron chi connectivity index (χ1n) is 9.15. The van der Waals surface area contributed by atoms with Gasteiger partial charge in [-0.15, -0.1) is 0 Å². The summed E-state index contributed by atoms with van der Waals surface area (Å²) in [6.45, 7) is 0.480. The number of amides is 1. The molecule has 1 N–H and O–H groups in total. The van der Waals surface area contributed by atoms with Crippen LogP contribution in [-0.2, 0) is 4.79 Å². The SMILES string of the molecule is O=C(CCC(=O)c1ccccc1)NCC#CCOc1cccc2ccccc12. The first kappa shape index (κ1) is 19.2. The van der Waals surface area contributed by atoms with E-state index in [0.717, 1.165) is 16.5 Å². The van der Waals surface area contributed by atoms with Crippen molar-refractivity contribution in [3.63, 3.8) is 0 Å². The predicted molar refractivity (Wildman–Crippen MR) is 110 cm³/mol. The van der Waals surface area contributed by atoms with Crippen molar-refractivity contribution in [2.75, 3.05) is 13.2 Å². The van der Waals surface area contributed by atoms with Crippen molar-refractivity contribution >= 4 is 22.5 Å². The minimum absolute atomic E-state index is 0.0367. The third-order valence-corrected chi connectivity index (χ3v) is 4.22. The molecule has 0 atom stereocenters. The third-order valence-electron chi connectivity index (χ3n) is 4.22. The summed E-state index contributed by atoms with van der Waals surface area (Å²) in [6.07, 6.45) is 0.343. The fraction of sp³-hybridized carbons (Fsp3) is 0.167. The molecule has 140 valence electrons. The summed E-state index contributed by atoms with van der Waals surface area (Å²) in [5.41, 5.74) is 0.626. The van der Waals surface area contributed by atoms with Crippen LogP contribution in [0.1, 0.15) is 23.2 Å². The Morgan fingerprint density at radius 2 is 1.57 bits per heavy atom. The molecule has 0 saturated carbocycles. The topological polar surface area (TPSA) is 55.4 Å². The molecule has 0 spiro atoms. The van der Waals surface area contributed by atoms with Crippen molar-refractivity contribution in [1.29, 1.82) is 0 Å². The molecule has 28 heavy (non-hydrogen) atoms. The minimum Gasteiger partial charge on any atom is -0.480 e. The van der Waals surface area contributed by atoms with Crippen molar-refractivity contribution in [2.45, 2.75) is 12.8 Å². The molecule has 0 aliphatic rings. The number of hydrogen-bond donors (Lipinski definition) is 1. The van der Waals surface area contributed by atoms with Gasteiger partial charge in [-0.05, 0) is 11.5 Å². The van der Waals surface area contributed by atoms with Crippen molar-refractivity contribution in [1.82, 2.24) is 5.32 Å². The van der Waals surface area contributed by atoms with E-state index in [9.17, 15) is 9.59 Å². The van der Waals surface area contributed by atoms with E-state index in [2.05, 4.69) is 17.2 Å². The maximum atomic E-state index is 12.0. The third kappa shape index (κ3) is 5.46. The van der Waals surface area contributed by atoms with E-state index in [4.69, 9.17) is 4.74 Å². The van der Waals surface area contributed by atoms with Crippen molar-refractivity contribution < 1.29 is 14.3 Å². The van der Waals surface area contributed by atoms with E-state index < -0.39 is 0 Å². The number of Topliss-reactive ketones (excluding diaryl/α,β-unsaturated/α-hetero) is 1. The van der Waals surface area contributed by atoms with E-state index in [-0.39, 0.29) is 37.7 Å². The van der Waals surface area contributed by atoms with Crippen LogP contribution in [0, 0.1) is 11.8 Å². The molecular formula is C24H21NO3. The molecule has 4 nitrogen and oxygen atoms in total. The maximum absolute atomic E-state index is 12.0. The monoisotopic (exact) mass is 371 g/mol. The Labute approximate surface area is 164 Å². The van der Waals surface area contributed by atoms with Gasteiger partial charge in [-0.3, -0.25) is 9.59 Å². The Morgan fingerprint density at radius 1 is 0.821 bits per heavy atom. The average molecular weight is 371 g/mol. The van der Waals surface area contributed by atoms with E-state index in [1.807, 2.05) is 60.7 Å². The summed E-state index contributed by atoms with van der Waals surface area (Å²) in [6, 6.07) is 22.9. The molecule has 1 amide bonds. The fourth-order valence-electron chi connectivity index (χ4n) is 2.78. The van der Waals surface area contributed by atoms with Gasteiger partial charge in [0.25, 0.3) is 0 Å². The lowest BCUT2D eigenvalue weighted by atomic mass is 10.1. The van der Waals surface area contributed by atoms with Crippen LogP contribution in [0.25, 0.3) is 10.8 Å². The Kier molecular flexibility index (Phi) is 6.81. The lowest BCUT2D eigenvalue weighted by Gasteiger charge is -2.06. The smallest absolute Gasteiger partial charge is 0.221 e. The summed E-state index contributed by atoms with van der Waals surface area (Å²) in [5.74, 6) is 6.32. The van der Waals surface area contributed by atoms with Gasteiger partial charge in [-0.25, -0.2) is 0 Å². The summed E-state index contributed by atoms with van der Waals surface area (Å²) in [7, 11) is 0. The first-order valence-corrected chi connectivity index (χ1v) is 9.15. The molecule has 0 aromatic heterocycles. The van der Waals surface area contributed by atoms with Crippen LogP contribution in [0.3, 0.4) is 0 Å². The average Bonchev–Trinajstić information content (AvgIpc) is 2.75. The number of nitrogens with one attached hydrogen (secondary N) is 1. The summed E-state index contributed by atoms with van der Waals surface area (Å²) < 4.78 is 5.72. The summed E-state index contributed by atoms with van der Waals surface area (Å²) in [4.78, 5) is 23.8. The zero-order valence-electron chi connectivity index (χ0n) is 15.5.